The van der Waals surface area contributed by atoms with Crippen molar-refractivity contribution >= 4 is 5.91 Å². The van der Waals surface area contributed by atoms with Crippen molar-refractivity contribution in [2.45, 2.75) is 212 Å². The standard InChI is InChI=1S/C43H79NO3/c1-3-5-7-9-11-13-15-17-19-21-22-23-24-26-28-30-32-34-36-38-42(46)41(40-45)44-43(47)39-37-35-33-31-29-27-25-20-18-16-14-12-10-8-6-4-2/h20,22-23,25,28,30,36,38,41-42,45-46H,3-19,21,24,26-27,29,31-35,37,39-40H2,1-2H3,(H,44,47)/b23-22+,25-20-,30-28+,38-36+. The Morgan fingerprint density at radius 2 is 0.830 bits per heavy atom. The molecule has 47 heavy (non-hydrogen) atoms. The summed E-state index contributed by atoms with van der Waals surface area (Å²) < 4.78 is 0. The molecule has 0 spiro atoms. The fourth-order valence-corrected chi connectivity index (χ4v) is 5.85. The SMILES string of the molecule is CCCCCCCCC/C=C\CCCCCCCC(=O)NC(CO)C(O)/C=C/CC/C=C/CC/C=C/CCCCCCCCCCC. The monoisotopic (exact) mass is 658 g/mol. The number of nitrogens with one attached hydrogen (secondary N) is 1. The highest BCUT2D eigenvalue weighted by Gasteiger charge is 2.17. The lowest BCUT2D eigenvalue weighted by Crippen LogP contribution is -2.45. The van der Waals surface area contributed by atoms with Crippen LogP contribution in [0.25, 0.3) is 0 Å². The van der Waals surface area contributed by atoms with Gasteiger partial charge in [-0.1, -0.05) is 172 Å². The first-order chi connectivity index (χ1) is 23.2. The molecule has 4 nitrogen and oxygen atoms in total. The van der Waals surface area contributed by atoms with Gasteiger partial charge in [-0.2, -0.15) is 0 Å². The van der Waals surface area contributed by atoms with Gasteiger partial charge in [0.2, 0.25) is 5.91 Å². The van der Waals surface area contributed by atoms with E-state index in [9.17, 15) is 15.0 Å². The van der Waals surface area contributed by atoms with Crippen molar-refractivity contribution in [3.63, 3.8) is 0 Å². The van der Waals surface area contributed by atoms with Crippen LogP contribution in [-0.4, -0.2) is 34.9 Å². The molecule has 0 aliphatic carbocycles. The summed E-state index contributed by atoms with van der Waals surface area (Å²) in [5, 5.41) is 22.9. The van der Waals surface area contributed by atoms with E-state index < -0.39 is 12.1 Å². The van der Waals surface area contributed by atoms with Crippen molar-refractivity contribution in [3.05, 3.63) is 48.6 Å². The lowest BCUT2D eigenvalue weighted by molar-refractivity contribution is -0.123. The number of aliphatic hydroxyl groups excluding tert-OH is 2. The minimum absolute atomic E-state index is 0.0880. The van der Waals surface area contributed by atoms with E-state index in [2.05, 4.69) is 55.6 Å². The van der Waals surface area contributed by atoms with Crippen LogP contribution in [0.4, 0.5) is 0 Å². The number of carbonyl (C=O) groups is 1. The number of carbonyl (C=O) groups excluding carboxylic acids is 1. The molecule has 0 radical (unpaired) electrons. The molecule has 0 saturated carbocycles. The lowest BCUT2D eigenvalue weighted by Gasteiger charge is -2.19. The molecule has 0 saturated heterocycles. The average Bonchev–Trinajstić information content (AvgIpc) is 3.07. The lowest BCUT2D eigenvalue weighted by atomic mass is 10.1. The number of allylic oxidation sites excluding steroid dienone is 7. The molecule has 0 bridgehead atoms. The second-order valence-corrected chi connectivity index (χ2v) is 13.7. The van der Waals surface area contributed by atoms with Crippen molar-refractivity contribution in [2.24, 2.45) is 0 Å². The zero-order chi connectivity index (χ0) is 34.3. The van der Waals surface area contributed by atoms with E-state index in [0.29, 0.717) is 6.42 Å². The molecular weight excluding hydrogens is 578 g/mol. The fraction of sp³-hybridized carbons (Fsp3) is 0.791. The van der Waals surface area contributed by atoms with Crippen molar-refractivity contribution in [3.8, 4) is 0 Å². The maximum atomic E-state index is 12.3. The van der Waals surface area contributed by atoms with Crippen LogP contribution in [0.2, 0.25) is 0 Å². The van der Waals surface area contributed by atoms with Gasteiger partial charge >= 0.3 is 0 Å². The molecule has 0 aromatic heterocycles. The van der Waals surface area contributed by atoms with E-state index >= 15 is 0 Å². The quantitative estimate of drug-likeness (QED) is 0.0464. The van der Waals surface area contributed by atoms with E-state index in [1.165, 1.54) is 128 Å². The Kier molecular flexibility index (Phi) is 37.4. The Morgan fingerprint density at radius 1 is 0.489 bits per heavy atom. The van der Waals surface area contributed by atoms with Crippen LogP contribution in [-0.2, 0) is 4.79 Å². The number of hydrogen-bond acceptors (Lipinski definition) is 3. The Bertz CT molecular complexity index is 756. The van der Waals surface area contributed by atoms with Crippen molar-refractivity contribution in [1.82, 2.24) is 5.32 Å². The summed E-state index contributed by atoms with van der Waals surface area (Å²) in [6.45, 7) is 4.28. The molecule has 2 atom stereocenters. The highest BCUT2D eigenvalue weighted by Crippen LogP contribution is 2.12. The predicted molar refractivity (Wildman–Crippen MR) is 207 cm³/mol. The molecule has 0 aliphatic rings. The first-order valence-electron chi connectivity index (χ1n) is 20.4. The highest BCUT2D eigenvalue weighted by atomic mass is 16.3. The maximum absolute atomic E-state index is 12.3. The third-order valence-corrected chi connectivity index (χ3v) is 9.01. The normalized spacial score (nSPS) is 13.5. The third-order valence-electron chi connectivity index (χ3n) is 9.01. The minimum Gasteiger partial charge on any atom is -0.394 e. The van der Waals surface area contributed by atoms with Crippen LogP contribution in [0.3, 0.4) is 0 Å². The van der Waals surface area contributed by atoms with Crippen LogP contribution < -0.4 is 5.32 Å². The van der Waals surface area contributed by atoms with Crippen LogP contribution in [0.5, 0.6) is 0 Å². The summed E-state index contributed by atoms with van der Waals surface area (Å²) in [5.41, 5.74) is 0. The number of unbranched alkanes of at least 4 members (excludes halogenated alkanes) is 23. The molecule has 0 fully saturated rings. The number of rotatable bonds is 36. The van der Waals surface area contributed by atoms with Gasteiger partial charge in [-0.15, -0.1) is 0 Å². The van der Waals surface area contributed by atoms with E-state index in [0.717, 1.165) is 51.4 Å². The highest BCUT2D eigenvalue weighted by molar-refractivity contribution is 5.76. The van der Waals surface area contributed by atoms with Gasteiger partial charge in [-0.05, 0) is 70.6 Å². The van der Waals surface area contributed by atoms with Gasteiger partial charge in [0.15, 0.2) is 0 Å². The van der Waals surface area contributed by atoms with Gasteiger partial charge in [0.25, 0.3) is 0 Å². The molecule has 0 aromatic carbocycles. The first-order valence-corrected chi connectivity index (χ1v) is 20.4. The number of aliphatic hydroxyl groups is 2. The van der Waals surface area contributed by atoms with Gasteiger partial charge in [0, 0.05) is 6.42 Å². The van der Waals surface area contributed by atoms with Crippen LogP contribution >= 0.6 is 0 Å². The van der Waals surface area contributed by atoms with Crippen LogP contribution in [0.1, 0.15) is 200 Å². The molecule has 2 unspecified atom stereocenters. The summed E-state index contributed by atoms with van der Waals surface area (Å²) in [4.78, 5) is 12.3. The smallest absolute Gasteiger partial charge is 0.220 e. The van der Waals surface area contributed by atoms with E-state index in [4.69, 9.17) is 0 Å². The average molecular weight is 658 g/mol. The second-order valence-electron chi connectivity index (χ2n) is 13.7. The summed E-state index contributed by atoms with van der Waals surface area (Å²) in [6, 6.07) is -0.649. The fourth-order valence-electron chi connectivity index (χ4n) is 5.85. The van der Waals surface area contributed by atoms with Gasteiger partial charge < -0.3 is 15.5 Å². The minimum atomic E-state index is -0.872. The molecule has 0 rings (SSSR count). The van der Waals surface area contributed by atoms with E-state index in [-0.39, 0.29) is 12.5 Å². The Hall–Kier alpha value is -1.65. The van der Waals surface area contributed by atoms with Crippen molar-refractivity contribution < 1.29 is 15.0 Å². The molecule has 1 amide bonds. The van der Waals surface area contributed by atoms with Crippen LogP contribution in [0, 0.1) is 0 Å². The molecule has 274 valence electrons. The Morgan fingerprint density at radius 3 is 1.23 bits per heavy atom. The van der Waals surface area contributed by atoms with E-state index in [1.807, 2.05) is 6.08 Å². The molecule has 0 aromatic rings. The largest absolute Gasteiger partial charge is 0.394 e. The second kappa shape index (κ2) is 38.8. The van der Waals surface area contributed by atoms with Gasteiger partial charge in [0.1, 0.15) is 0 Å². The molecule has 0 heterocycles. The zero-order valence-electron chi connectivity index (χ0n) is 31.3. The summed E-state index contributed by atoms with van der Waals surface area (Å²) in [7, 11) is 0. The zero-order valence-corrected chi connectivity index (χ0v) is 31.3. The van der Waals surface area contributed by atoms with E-state index in [1.54, 1.807) is 6.08 Å². The molecular formula is C43H79NO3. The molecule has 0 aliphatic heterocycles. The van der Waals surface area contributed by atoms with Crippen LogP contribution in [0.15, 0.2) is 48.6 Å². The molecule has 3 N–H and O–H groups in total. The first kappa shape index (κ1) is 45.3. The predicted octanol–water partition coefficient (Wildman–Crippen LogP) is 12.4. The number of hydrogen-bond donors (Lipinski definition) is 3. The Balaban J connectivity index is 3.70. The number of amides is 1. The van der Waals surface area contributed by atoms with Gasteiger partial charge in [-0.3, -0.25) is 4.79 Å². The topological polar surface area (TPSA) is 69.6 Å². The maximum Gasteiger partial charge on any atom is 0.220 e. The van der Waals surface area contributed by atoms with Crippen molar-refractivity contribution in [2.75, 3.05) is 6.61 Å². The molecule has 4 heteroatoms. The summed E-state index contributed by atoms with van der Waals surface area (Å²) >= 11 is 0. The Labute approximate surface area is 293 Å². The van der Waals surface area contributed by atoms with Gasteiger partial charge in [0.05, 0.1) is 18.8 Å². The summed E-state index contributed by atoms with van der Waals surface area (Å²) in [5.74, 6) is -0.0880. The third kappa shape index (κ3) is 35.5. The summed E-state index contributed by atoms with van der Waals surface area (Å²) in [6.07, 6.45) is 52.0. The van der Waals surface area contributed by atoms with Gasteiger partial charge in [-0.25, -0.2) is 0 Å². The van der Waals surface area contributed by atoms with Crippen molar-refractivity contribution in [1.29, 1.82) is 0 Å².